The smallest absolute Gasteiger partial charge is 0.248 e. The Hall–Kier alpha value is -2.76. The van der Waals surface area contributed by atoms with Crippen molar-refractivity contribution >= 4 is 16.8 Å². The Labute approximate surface area is 189 Å². The Bertz CT molecular complexity index is 1130. The lowest BCUT2D eigenvalue weighted by molar-refractivity contribution is -0.172. The van der Waals surface area contributed by atoms with Crippen LogP contribution in [0.4, 0.5) is 0 Å². The molecule has 0 N–H and O–H groups in total. The van der Waals surface area contributed by atoms with E-state index in [1.807, 2.05) is 12.3 Å². The van der Waals surface area contributed by atoms with E-state index in [0.29, 0.717) is 6.04 Å². The average Bonchev–Trinajstić information content (AvgIpc) is 3.68. The van der Waals surface area contributed by atoms with Crippen LogP contribution in [0.1, 0.15) is 31.2 Å². The highest BCUT2D eigenvalue weighted by molar-refractivity contribution is 5.84. The molecule has 1 aromatic heterocycles. The maximum Gasteiger partial charge on any atom is 0.248 e. The highest BCUT2D eigenvalue weighted by atomic mass is 16.5. The monoisotopic (exact) mass is 427 g/mol. The second-order valence-electron chi connectivity index (χ2n) is 9.61. The molecule has 3 aliphatic rings. The largest absolute Gasteiger partial charge is 0.363 e. The molecule has 3 fully saturated rings. The van der Waals surface area contributed by atoms with Crippen LogP contribution < -0.4 is 0 Å². The van der Waals surface area contributed by atoms with Crippen molar-refractivity contribution in [2.45, 2.75) is 43.9 Å². The lowest BCUT2D eigenvalue weighted by Gasteiger charge is -2.47. The Kier molecular flexibility index (Phi) is 4.96. The van der Waals surface area contributed by atoms with Gasteiger partial charge in [-0.05, 0) is 54.5 Å². The maximum atomic E-state index is 12.2. The molecule has 1 amide bonds. The summed E-state index contributed by atoms with van der Waals surface area (Å²) in [6, 6.07) is 19.9. The SMILES string of the molecule is O=C1COC2(CCN(Cc3ccc(-c4ccc5cccnc5c4)cc3)CC2)CN1C1CC1. The van der Waals surface area contributed by atoms with Crippen molar-refractivity contribution in [1.82, 2.24) is 14.8 Å². The molecule has 6 rings (SSSR count). The molecule has 2 saturated heterocycles. The standard InChI is InChI=1S/C27H29N3O2/c31-26-18-32-27(19-30(26)24-9-10-24)11-14-29(15-12-27)17-20-3-5-21(6-4-20)23-8-7-22-2-1-13-28-25(22)16-23/h1-8,13,16,24H,9-12,14-15,17-19H2. The van der Waals surface area contributed by atoms with Crippen LogP contribution in [0.2, 0.25) is 0 Å². The summed E-state index contributed by atoms with van der Waals surface area (Å²) in [6.45, 7) is 4.05. The van der Waals surface area contributed by atoms with E-state index < -0.39 is 0 Å². The van der Waals surface area contributed by atoms with Crippen molar-refractivity contribution in [3.8, 4) is 11.1 Å². The zero-order valence-corrected chi connectivity index (χ0v) is 18.4. The van der Waals surface area contributed by atoms with E-state index in [1.54, 1.807) is 0 Å². The lowest BCUT2D eigenvalue weighted by atomic mass is 9.89. The summed E-state index contributed by atoms with van der Waals surface area (Å²) in [4.78, 5) is 21.3. The molecule has 164 valence electrons. The Morgan fingerprint density at radius 3 is 2.56 bits per heavy atom. The number of amides is 1. The zero-order chi connectivity index (χ0) is 21.5. The third-order valence-electron chi connectivity index (χ3n) is 7.33. The topological polar surface area (TPSA) is 45.7 Å². The highest BCUT2D eigenvalue weighted by Crippen LogP contribution is 2.36. The van der Waals surface area contributed by atoms with Crippen LogP contribution in [0.15, 0.2) is 60.8 Å². The van der Waals surface area contributed by atoms with Crippen molar-refractivity contribution in [2.75, 3.05) is 26.2 Å². The van der Waals surface area contributed by atoms with Gasteiger partial charge in [-0.2, -0.15) is 0 Å². The molecule has 1 saturated carbocycles. The number of hydrogen-bond acceptors (Lipinski definition) is 4. The van der Waals surface area contributed by atoms with Crippen molar-refractivity contribution in [3.05, 3.63) is 66.4 Å². The number of likely N-dealkylation sites (tertiary alicyclic amines) is 1. The first-order valence-corrected chi connectivity index (χ1v) is 11.8. The number of carbonyl (C=O) groups is 1. The molecular formula is C27H29N3O2. The molecule has 2 aliphatic heterocycles. The number of aromatic nitrogens is 1. The summed E-state index contributed by atoms with van der Waals surface area (Å²) >= 11 is 0. The Morgan fingerprint density at radius 2 is 1.78 bits per heavy atom. The molecule has 0 radical (unpaired) electrons. The maximum absolute atomic E-state index is 12.2. The number of pyridine rings is 1. The van der Waals surface area contributed by atoms with Crippen LogP contribution in [0, 0.1) is 0 Å². The molecule has 2 aromatic carbocycles. The van der Waals surface area contributed by atoms with Gasteiger partial charge in [0.25, 0.3) is 0 Å². The first-order valence-electron chi connectivity index (χ1n) is 11.8. The van der Waals surface area contributed by atoms with Crippen molar-refractivity contribution in [2.24, 2.45) is 0 Å². The van der Waals surface area contributed by atoms with Gasteiger partial charge in [0.15, 0.2) is 0 Å². The van der Waals surface area contributed by atoms with Gasteiger partial charge in [0.05, 0.1) is 17.7 Å². The first-order chi connectivity index (χ1) is 15.7. The molecule has 0 bridgehead atoms. The van der Waals surface area contributed by atoms with E-state index in [4.69, 9.17) is 4.74 Å². The number of ether oxygens (including phenoxy) is 1. The molecule has 0 unspecified atom stereocenters. The minimum atomic E-state index is -0.124. The van der Waals surface area contributed by atoms with Crippen LogP contribution in [-0.4, -0.2) is 58.6 Å². The molecule has 0 atom stereocenters. The quantitative estimate of drug-likeness (QED) is 0.624. The number of morpholine rings is 1. The fourth-order valence-corrected chi connectivity index (χ4v) is 5.19. The molecule has 5 heteroatoms. The molecule has 3 aromatic rings. The van der Waals surface area contributed by atoms with Crippen LogP contribution in [0.3, 0.4) is 0 Å². The number of hydrogen-bond donors (Lipinski definition) is 0. The summed E-state index contributed by atoms with van der Waals surface area (Å²) in [5, 5.41) is 1.17. The van der Waals surface area contributed by atoms with Gasteiger partial charge in [-0.15, -0.1) is 0 Å². The third-order valence-corrected chi connectivity index (χ3v) is 7.33. The molecule has 5 nitrogen and oxygen atoms in total. The highest BCUT2D eigenvalue weighted by Gasteiger charge is 2.46. The van der Waals surface area contributed by atoms with Crippen LogP contribution in [0.25, 0.3) is 22.0 Å². The second-order valence-corrected chi connectivity index (χ2v) is 9.61. The second kappa shape index (κ2) is 7.98. The predicted molar refractivity (Wildman–Crippen MR) is 125 cm³/mol. The van der Waals surface area contributed by atoms with Crippen molar-refractivity contribution < 1.29 is 9.53 Å². The van der Waals surface area contributed by atoms with E-state index in [2.05, 4.69) is 63.3 Å². The summed E-state index contributed by atoms with van der Waals surface area (Å²) in [6.07, 6.45) is 6.19. The zero-order valence-electron chi connectivity index (χ0n) is 18.4. The van der Waals surface area contributed by atoms with E-state index in [9.17, 15) is 4.79 Å². The summed E-state index contributed by atoms with van der Waals surface area (Å²) in [5.74, 6) is 0.183. The Morgan fingerprint density at radius 1 is 1.00 bits per heavy atom. The van der Waals surface area contributed by atoms with Crippen molar-refractivity contribution in [1.29, 1.82) is 0 Å². The summed E-state index contributed by atoms with van der Waals surface area (Å²) < 4.78 is 6.10. The average molecular weight is 428 g/mol. The van der Waals surface area contributed by atoms with E-state index in [1.165, 1.54) is 34.9 Å². The molecule has 1 aliphatic carbocycles. The van der Waals surface area contributed by atoms with Crippen molar-refractivity contribution in [3.63, 3.8) is 0 Å². The summed E-state index contributed by atoms with van der Waals surface area (Å²) in [7, 11) is 0. The van der Waals surface area contributed by atoms with Gasteiger partial charge < -0.3 is 9.64 Å². The van der Waals surface area contributed by atoms with E-state index in [-0.39, 0.29) is 18.1 Å². The van der Waals surface area contributed by atoms with Crippen LogP contribution >= 0.6 is 0 Å². The van der Waals surface area contributed by atoms with Gasteiger partial charge in [-0.1, -0.05) is 42.5 Å². The number of carbonyl (C=O) groups excluding carboxylic acids is 1. The fraction of sp³-hybridized carbons (Fsp3) is 0.407. The number of rotatable bonds is 4. The van der Waals surface area contributed by atoms with Gasteiger partial charge in [0, 0.05) is 37.3 Å². The molecule has 32 heavy (non-hydrogen) atoms. The molecule has 3 heterocycles. The minimum Gasteiger partial charge on any atom is -0.363 e. The van der Waals surface area contributed by atoms with Gasteiger partial charge in [0.1, 0.15) is 6.61 Å². The predicted octanol–water partition coefficient (Wildman–Crippen LogP) is 4.26. The molecular weight excluding hydrogens is 398 g/mol. The number of nitrogens with zero attached hydrogens (tertiary/aromatic N) is 3. The molecule has 1 spiro atoms. The first kappa shape index (κ1) is 19.9. The van der Waals surface area contributed by atoms with Crippen LogP contribution in [-0.2, 0) is 16.1 Å². The van der Waals surface area contributed by atoms with Gasteiger partial charge >= 0.3 is 0 Å². The summed E-state index contributed by atoms with van der Waals surface area (Å²) in [5.41, 5.74) is 4.67. The number of benzene rings is 2. The third kappa shape index (κ3) is 3.91. The minimum absolute atomic E-state index is 0.124. The van der Waals surface area contributed by atoms with E-state index >= 15 is 0 Å². The lowest BCUT2D eigenvalue weighted by Crippen LogP contribution is -2.59. The van der Waals surface area contributed by atoms with Gasteiger partial charge in [0.2, 0.25) is 5.91 Å². The Balaban J connectivity index is 1.08. The number of piperidine rings is 1. The van der Waals surface area contributed by atoms with Crippen LogP contribution in [0.5, 0.6) is 0 Å². The van der Waals surface area contributed by atoms with Gasteiger partial charge in [-0.25, -0.2) is 0 Å². The number of fused-ring (bicyclic) bond motifs is 1. The normalized spacial score (nSPS) is 21.4. The van der Waals surface area contributed by atoms with E-state index in [0.717, 1.165) is 44.5 Å². The fourth-order valence-electron chi connectivity index (χ4n) is 5.19. The van der Waals surface area contributed by atoms with Gasteiger partial charge in [-0.3, -0.25) is 14.7 Å².